The van der Waals surface area contributed by atoms with Crippen LogP contribution in [-0.2, 0) is 14.2 Å². The first-order valence-electron chi connectivity index (χ1n) is 13.0. The van der Waals surface area contributed by atoms with Crippen LogP contribution >= 0.6 is 0 Å². The summed E-state index contributed by atoms with van der Waals surface area (Å²) in [4.78, 5) is 13.6. The van der Waals surface area contributed by atoms with E-state index in [0.717, 1.165) is 12.1 Å². The fraction of sp³-hybridized carbons (Fsp3) is 0.444. The summed E-state index contributed by atoms with van der Waals surface area (Å²) in [5.41, 5.74) is -1.11. The molecule has 0 aliphatic carbocycles. The number of fused-ring (bicyclic) bond motifs is 1. The van der Waals surface area contributed by atoms with Crippen molar-refractivity contribution in [3.63, 3.8) is 0 Å². The lowest BCUT2D eigenvalue weighted by Gasteiger charge is -2.44. The molecule has 9 N–H and O–H groups in total. The van der Waals surface area contributed by atoms with Crippen molar-refractivity contribution in [1.82, 2.24) is 0 Å². The molecular weight excluding hydrogens is 580 g/mol. The summed E-state index contributed by atoms with van der Waals surface area (Å²) in [7, 11) is 1.28. The van der Waals surface area contributed by atoms with Crippen LogP contribution in [0.2, 0.25) is 0 Å². The SMILES string of the molecule is COc1cc(-c2oc3cc(O)cc(O)c3c(=O)c2OC2OC(CO)C(OC3OCC(O)C(O)C3O)C(O)C2O)ccc1O. The van der Waals surface area contributed by atoms with Crippen LogP contribution < -0.4 is 14.9 Å². The number of hydrogen-bond donors (Lipinski definition) is 9. The second-order valence-electron chi connectivity index (χ2n) is 9.99. The number of rotatable bonds is 7. The molecule has 2 saturated heterocycles. The molecule has 0 amide bonds. The number of phenols is 3. The maximum Gasteiger partial charge on any atom is 0.239 e. The predicted octanol–water partition coefficient (Wildman–Crippen LogP) is -1.77. The van der Waals surface area contributed by atoms with E-state index in [9.17, 15) is 50.8 Å². The summed E-state index contributed by atoms with van der Waals surface area (Å²) in [6.45, 7) is -1.24. The van der Waals surface area contributed by atoms with Crippen LogP contribution in [0, 0.1) is 0 Å². The highest BCUT2D eigenvalue weighted by Crippen LogP contribution is 2.40. The third-order valence-corrected chi connectivity index (χ3v) is 7.16. The molecule has 2 aliphatic heterocycles. The van der Waals surface area contributed by atoms with Crippen LogP contribution in [0.1, 0.15) is 0 Å². The first-order valence-corrected chi connectivity index (χ1v) is 13.0. The van der Waals surface area contributed by atoms with Crippen molar-refractivity contribution in [1.29, 1.82) is 0 Å². The third-order valence-electron chi connectivity index (χ3n) is 7.16. The summed E-state index contributed by atoms with van der Waals surface area (Å²) >= 11 is 0. The Labute approximate surface area is 241 Å². The van der Waals surface area contributed by atoms with E-state index in [0.29, 0.717) is 0 Å². The van der Waals surface area contributed by atoms with Gasteiger partial charge in [-0.3, -0.25) is 4.79 Å². The van der Waals surface area contributed by atoms with E-state index >= 15 is 0 Å². The second kappa shape index (κ2) is 12.1. The van der Waals surface area contributed by atoms with Gasteiger partial charge in [0.1, 0.15) is 65.2 Å². The monoisotopic (exact) mass is 610 g/mol. The number of aliphatic hydroxyl groups excluding tert-OH is 6. The van der Waals surface area contributed by atoms with Crippen molar-refractivity contribution in [2.24, 2.45) is 0 Å². The summed E-state index contributed by atoms with van der Waals surface area (Å²) in [6, 6.07) is 5.83. The van der Waals surface area contributed by atoms with Gasteiger partial charge in [0.2, 0.25) is 17.5 Å². The second-order valence-corrected chi connectivity index (χ2v) is 9.99. The van der Waals surface area contributed by atoms with Crippen molar-refractivity contribution < 1.29 is 74.1 Å². The van der Waals surface area contributed by atoms with Gasteiger partial charge in [-0.1, -0.05) is 0 Å². The number of ether oxygens (including phenoxy) is 5. The van der Waals surface area contributed by atoms with Gasteiger partial charge < -0.3 is 74.1 Å². The minimum Gasteiger partial charge on any atom is -0.508 e. The Morgan fingerprint density at radius 2 is 1.63 bits per heavy atom. The minimum atomic E-state index is -1.96. The zero-order chi connectivity index (χ0) is 31.2. The lowest BCUT2D eigenvalue weighted by Crippen LogP contribution is -2.63. The average Bonchev–Trinajstić information content (AvgIpc) is 2.97. The van der Waals surface area contributed by atoms with Crippen molar-refractivity contribution in [3.8, 4) is 40.1 Å². The molecule has 9 unspecified atom stereocenters. The number of benzene rings is 2. The van der Waals surface area contributed by atoms with Crippen LogP contribution in [-0.4, -0.2) is 122 Å². The predicted molar refractivity (Wildman–Crippen MR) is 140 cm³/mol. The van der Waals surface area contributed by atoms with Gasteiger partial charge in [0.25, 0.3) is 0 Å². The fourth-order valence-electron chi connectivity index (χ4n) is 4.87. The molecule has 43 heavy (non-hydrogen) atoms. The molecule has 0 radical (unpaired) electrons. The highest BCUT2D eigenvalue weighted by Gasteiger charge is 2.50. The Balaban J connectivity index is 1.51. The van der Waals surface area contributed by atoms with E-state index in [1.54, 1.807) is 0 Å². The summed E-state index contributed by atoms with van der Waals surface area (Å²) in [6.07, 6.45) is -15.1. The van der Waals surface area contributed by atoms with Gasteiger partial charge in [-0.15, -0.1) is 0 Å². The molecular formula is C27H30O16. The molecule has 2 aliphatic rings. The van der Waals surface area contributed by atoms with Gasteiger partial charge >= 0.3 is 0 Å². The number of methoxy groups -OCH3 is 1. The Kier molecular flexibility index (Phi) is 8.66. The minimum absolute atomic E-state index is 0.0144. The topological polar surface area (TPSA) is 258 Å². The molecule has 234 valence electrons. The molecule has 0 spiro atoms. The molecule has 16 nitrogen and oxygen atoms in total. The number of aromatic hydroxyl groups is 3. The van der Waals surface area contributed by atoms with E-state index in [2.05, 4.69) is 0 Å². The maximum absolute atomic E-state index is 13.6. The van der Waals surface area contributed by atoms with Crippen LogP contribution in [0.5, 0.6) is 28.7 Å². The Hall–Kier alpha value is -3.71. The average molecular weight is 611 g/mol. The number of phenolic OH excluding ortho intramolecular Hbond substituents is 3. The molecule has 9 atom stereocenters. The van der Waals surface area contributed by atoms with E-state index in [1.807, 2.05) is 0 Å². The first-order chi connectivity index (χ1) is 20.4. The summed E-state index contributed by atoms with van der Waals surface area (Å²) in [5.74, 6) is -2.27. The highest BCUT2D eigenvalue weighted by atomic mass is 16.7. The van der Waals surface area contributed by atoms with Gasteiger partial charge in [-0.2, -0.15) is 0 Å². The van der Waals surface area contributed by atoms with Crippen molar-refractivity contribution in [3.05, 3.63) is 40.6 Å². The van der Waals surface area contributed by atoms with Crippen LogP contribution in [0.25, 0.3) is 22.3 Å². The molecule has 16 heteroatoms. The Morgan fingerprint density at radius 1 is 0.907 bits per heavy atom. The molecule has 1 aromatic heterocycles. The van der Waals surface area contributed by atoms with Crippen LogP contribution in [0.4, 0.5) is 0 Å². The molecule has 0 bridgehead atoms. The van der Waals surface area contributed by atoms with E-state index in [4.69, 9.17) is 28.1 Å². The van der Waals surface area contributed by atoms with Gasteiger partial charge in [0.05, 0.1) is 20.3 Å². The van der Waals surface area contributed by atoms with Crippen molar-refractivity contribution in [2.75, 3.05) is 20.3 Å². The highest BCUT2D eigenvalue weighted by molar-refractivity contribution is 5.88. The zero-order valence-electron chi connectivity index (χ0n) is 22.4. The van der Waals surface area contributed by atoms with Crippen molar-refractivity contribution in [2.45, 2.75) is 55.3 Å². The lowest BCUT2D eigenvalue weighted by atomic mass is 9.98. The Bertz CT molecular complexity index is 1520. The fourth-order valence-corrected chi connectivity index (χ4v) is 4.87. The normalized spacial score (nSPS) is 31.2. The van der Waals surface area contributed by atoms with Gasteiger partial charge in [0.15, 0.2) is 23.5 Å². The van der Waals surface area contributed by atoms with Gasteiger partial charge in [0, 0.05) is 17.7 Å². The quantitative estimate of drug-likeness (QED) is 0.143. The zero-order valence-corrected chi connectivity index (χ0v) is 22.4. The van der Waals surface area contributed by atoms with E-state index < -0.39 is 96.6 Å². The van der Waals surface area contributed by atoms with E-state index in [1.165, 1.54) is 25.3 Å². The van der Waals surface area contributed by atoms with Gasteiger partial charge in [-0.05, 0) is 18.2 Å². The number of aliphatic hydroxyl groups is 6. The first kappa shape index (κ1) is 30.7. The Morgan fingerprint density at radius 3 is 2.33 bits per heavy atom. The van der Waals surface area contributed by atoms with E-state index in [-0.39, 0.29) is 28.4 Å². The van der Waals surface area contributed by atoms with Crippen LogP contribution in [0.15, 0.2) is 39.5 Å². The lowest BCUT2D eigenvalue weighted by molar-refractivity contribution is -0.339. The molecule has 5 rings (SSSR count). The molecule has 2 fully saturated rings. The molecule has 2 aromatic carbocycles. The van der Waals surface area contributed by atoms with Crippen molar-refractivity contribution >= 4 is 11.0 Å². The molecule has 3 heterocycles. The summed E-state index contributed by atoms with van der Waals surface area (Å²) < 4.78 is 33.0. The third kappa shape index (κ3) is 5.67. The summed E-state index contributed by atoms with van der Waals surface area (Å²) in [5, 5.41) is 91.6. The smallest absolute Gasteiger partial charge is 0.239 e. The van der Waals surface area contributed by atoms with Gasteiger partial charge in [-0.25, -0.2) is 0 Å². The standard InChI is InChI=1S/C27H30O16/c1-38-14-4-9(2-3-11(14)30)23-25(19(34)17-12(31)5-10(29)6-15(17)40-23)43-27-22(37)20(35)24(16(7-28)41-27)42-26-21(36)18(33)13(32)8-39-26/h2-6,13,16,18,20-22,24,26-33,35-37H,7-8H2,1H3. The molecule has 0 saturated carbocycles. The maximum atomic E-state index is 13.6. The molecule has 3 aromatic rings. The van der Waals surface area contributed by atoms with Crippen LogP contribution in [0.3, 0.4) is 0 Å². The number of hydrogen-bond acceptors (Lipinski definition) is 16. The largest absolute Gasteiger partial charge is 0.508 e.